The molecule has 0 aliphatic heterocycles. The fourth-order valence-electron chi connectivity index (χ4n) is 4.59. The average molecular weight is 346 g/mol. The molecule has 3 aromatic rings. The van der Waals surface area contributed by atoms with Gasteiger partial charge in [0.2, 0.25) is 0 Å². The van der Waals surface area contributed by atoms with Gasteiger partial charge in [-0.1, -0.05) is 50.2 Å². The van der Waals surface area contributed by atoms with E-state index < -0.39 is 0 Å². The molecule has 0 spiro atoms. The number of aromatic nitrogens is 1. The number of fused-ring (bicyclic) bond motifs is 1. The first-order valence-corrected chi connectivity index (χ1v) is 9.40. The zero-order valence-corrected chi connectivity index (χ0v) is 15.7. The number of carbonyl (C=O) groups excluding carboxylic acids is 1. The first-order chi connectivity index (χ1) is 12.5. The van der Waals surface area contributed by atoms with Crippen molar-refractivity contribution in [3.63, 3.8) is 0 Å². The standard InChI is InChI=1S/C23H26N2O/c1-15-20(17-11-7-8-12-19(17)25-15)21-18(23(21,2)3)13-14-24-22(26)16-9-5-4-6-10-16/h4-12,18,21,25H,13-14H2,1-3H3,(H,24,26). The lowest BCUT2D eigenvalue weighted by Gasteiger charge is -2.06. The van der Waals surface area contributed by atoms with Crippen LogP contribution in [0.25, 0.3) is 10.9 Å². The fourth-order valence-corrected chi connectivity index (χ4v) is 4.59. The Bertz CT molecular complexity index is 939. The van der Waals surface area contributed by atoms with E-state index in [0.717, 1.165) is 18.5 Å². The van der Waals surface area contributed by atoms with Crippen LogP contribution in [0.1, 0.15) is 47.8 Å². The summed E-state index contributed by atoms with van der Waals surface area (Å²) in [5.41, 5.74) is 4.96. The van der Waals surface area contributed by atoms with E-state index in [2.05, 4.69) is 55.3 Å². The molecule has 1 aliphatic rings. The zero-order valence-electron chi connectivity index (χ0n) is 15.7. The second kappa shape index (κ2) is 6.31. The van der Waals surface area contributed by atoms with Crippen molar-refractivity contribution in [1.82, 2.24) is 10.3 Å². The van der Waals surface area contributed by atoms with E-state index in [-0.39, 0.29) is 11.3 Å². The molecule has 3 nitrogen and oxygen atoms in total. The van der Waals surface area contributed by atoms with Gasteiger partial charge >= 0.3 is 0 Å². The number of benzene rings is 2. The van der Waals surface area contributed by atoms with Crippen molar-refractivity contribution in [2.75, 3.05) is 6.54 Å². The van der Waals surface area contributed by atoms with Gasteiger partial charge in [0, 0.05) is 28.7 Å². The number of aryl methyl sites for hydroxylation is 1. The molecule has 1 aliphatic carbocycles. The third-order valence-corrected chi connectivity index (χ3v) is 6.08. The fraction of sp³-hybridized carbons (Fsp3) is 0.348. The number of hydrogen-bond donors (Lipinski definition) is 2. The van der Waals surface area contributed by atoms with Gasteiger partial charge in [0.05, 0.1) is 0 Å². The largest absolute Gasteiger partial charge is 0.358 e. The Morgan fingerprint density at radius 3 is 2.54 bits per heavy atom. The summed E-state index contributed by atoms with van der Waals surface area (Å²) in [6, 6.07) is 18.0. The Hall–Kier alpha value is -2.55. The number of hydrogen-bond acceptors (Lipinski definition) is 1. The Balaban J connectivity index is 1.45. The van der Waals surface area contributed by atoms with Crippen LogP contribution in [0.3, 0.4) is 0 Å². The van der Waals surface area contributed by atoms with Crippen molar-refractivity contribution in [2.45, 2.75) is 33.1 Å². The SMILES string of the molecule is Cc1[nH]c2ccccc2c1C1C(CCNC(=O)c2ccccc2)C1(C)C. The lowest BCUT2D eigenvalue weighted by atomic mass is 10.0. The van der Waals surface area contributed by atoms with E-state index in [1.807, 2.05) is 30.3 Å². The third kappa shape index (κ3) is 2.82. The second-order valence-electron chi connectivity index (χ2n) is 8.03. The van der Waals surface area contributed by atoms with Crippen LogP contribution < -0.4 is 5.32 Å². The van der Waals surface area contributed by atoms with Crippen molar-refractivity contribution < 1.29 is 4.79 Å². The minimum absolute atomic E-state index is 0.0175. The highest BCUT2D eigenvalue weighted by Gasteiger charge is 2.58. The van der Waals surface area contributed by atoms with E-state index in [9.17, 15) is 4.79 Å². The summed E-state index contributed by atoms with van der Waals surface area (Å²) in [4.78, 5) is 15.8. The van der Waals surface area contributed by atoms with Crippen LogP contribution in [0.4, 0.5) is 0 Å². The van der Waals surface area contributed by atoms with Crippen molar-refractivity contribution in [2.24, 2.45) is 11.3 Å². The highest BCUT2D eigenvalue weighted by Crippen LogP contribution is 2.67. The van der Waals surface area contributed by atoms with Crippen molar-refractivity contribution in [3.8, 4) is 0 Å². The normalized spacial score (nSPS) is 20.9. The monoisotopic (exact) mass is 346 g/mol. The van der Waals surface area contributed by atoms with Gasteiger partial charge in [0.15, 0.2) is 0 Å². The van der Waals surface area contributed by atoms with E-state index in [4.69, 9.17) is 0 Å². The van der Waals surface area contributed by atoms with Crippen molar-refractivity contribution in [1.29, 1.82) is 0 Å². The second-order valence-corrected chi connectivity index (χ2v) is 8.03. The van der Waals surface area contributed by atoms with E-state index in [1.54, 1.807) is 0 Å². The Labute approximate surface area is 154 Å². The number of rotatable bonds is 5. The summed E-state index contributed by atoms with van der Waals surface area (Å²) < 4.78 is 0. The number of para-hydroxylation sites is 1. The van der Waals surface area contributed by atoms with Crippen LogP contribution in [0.5, 0.6) is 0 Å². The topological polar surface area (TPSA) is 44.9 Å². The van der Waals surface area contributed by atoms with Crippen LogP contribution in [0, 0.1) is 18.3 Å². The van der Waals surface area contributed by atoms with E-state index >= 15 is 0 Å². The molecule has 0 saturated heterocycles. The van der Waals surface area contributed by atoms with Crippen LogP contribution in [-0.2, 0) is 0 Å². The number of H-pyrrole nitrogens is 1. The minimum atomic E-state index is 0.0175. The van der Waals surface area contributed by atoms with Gasteiger partial charge in [0.25, 0.3) is 5.91 Å². The number of nitrogens with one attached hydrogen (secondary N) is 2. The summed E-state index contributed by atoms with van der Waals surface area (Å²) in [6.07, 6.45) is 1.01. The predicted octanol–water partition coefficient (Wildman–Crippen LogP) is 5.04. The van der Waals surface area contributed by atoms with E-state index in [1.165, 1.54) is 22.2 Å². The molecule has 2 aromatic carbocycles. The molecule has 0 radical (unpaired) electrons. The summed E-state index contributed by atoms with van der Waals surface area (Å²) in [6.45, 7) is 7.60. The summed E-state index contributed by atoms with van der Waals surface area (Å²) in [5.74, 6) is 1.16. The van der Waals surface area contributed by atoms with Crippen molar-refractivity contribution in [3.05, 3.63) is 71.4 Å². The maximum atomic E-state index is 12.2. The number of amides is 1. The first-order valence-electron chi connectivity index (χ1n) is 9.40. The molecule has 1 fully saturated rings. The molecule has 2 N–H and O–H groups in total. The third-order valence-electron chi connectivity index (χ3n) is 6.08. The van der Waals surface area contributed by atoms with Crippen molar-refractivity contribution >= 4 is 16.8 Å². The van der Waals surface area contributed by atoms with Gasteiger partial charge < -0.3 is 10.3 Å². The molecule has 2 unspecified atom stereocenters. The Kier molecular flexibility index (Phi) is 4.10. The lowest BCUT2D eigenvalue weighted by Crippen LogP contribution is -2.24. The molecular weight excluding hydrogens is 320 g/mol. The molecule has 1 saturated carbocycles. The van der Waals surface area contributed by atoms with Crippen LogP contribution in [0.15, 0.2) is 54.6 Å². The van der Waals surface area contributed by atoms with Gasteiger partial charge in [-0.25, -0.2) is 0 Å². The smallest absolute Gasteiger partial charge is 0.251 e. The lowest BCUT2D eigenvalue weighted by molar-refractivity contribution is 0.0952. The molecule has 1 heterocycles. The maximum Gasteiger partial charge on any atom is 0.251 e. The van der Waals surface area contributed by atoms with Crippen LogP contribution in [-0.4, -0.2) is 17.4 Å². The molecule has 26 heavy (non-hydrogen) atoms. The highest BCUT2D eigenvalue weighted by molar-refractivity contribution is 5.94. The van der Waals surface area contributed by atoms with Gasteiger partial charge in [0.1, 0.15) is 0 Å². The average Bonchev–Trinajstić information content (AvgIpc) is 3.00. The molecule has 1 aromatic heterocycles. The van der Waals surface area contributed by atoms with Gasteiger partial charge in [-0.3, -0.25) is 4.79 Å². The first kappa shape index (κ1) is 16.9. The zero-order chi connectivity index (χ0) is 18.3. The molecule has 0 bridgehead atoms. The van der Waals surface area contributed by atoms with Gasteiger partial charge in [-0.05, 0) is 54.4 Å². The molecule has 2 atom stereocenters. The molecule has 134 valence electrons. The van der Waals surface area contributed by atoms with Gasteiger partial charge in [-0.2, -0.15) is 0 Å². The summed E-state index contributed by atoms with van der Waals surface area (Å²) in [5, 5.41) is 4.43. The Morgan fingerprint density at radius 2 is 1.77 bits per heavy atom. The van der Waals surface area contributed by atoms with Crippen LogP contribution in [0.2, 0.25) is 0 Å². The molecule has 4 rings (SSSR count). The quantitative estimate of drug-likeness (QED) is 0.668. The summed E-state index contributed by atoms with van der Waals surface area (Å²) >= 11 is 0. The molecule has 3 heteroatoms. The maximum absolute atomic E-state index is 12.2. The van der Waals surface area contributed by atoms with Crippen LogP contribution >= 0.6 is 0 Å². The Morgan fingerprint density at radius 1 is 1.08 bits per heavy atom. The molecule has 1 amide bonds. The van der Waals surface area contributed by atoms with Gasteiger partial charge in [-0.15, -0.1) is 0 Å². The minimum Gasteiger partial charge on any atom is -0.358 e. The predicted molar refractivity (Wildman–Crippen MR) is 106 cm³/mol. The van der Waals surface area contributed by atoms with E-state index in [0.29, 0.717) is 11.8 Å². The highest BCUT2D eigenvalue weighted by atomic mass is 16.1. The number of aromatic amines is 1. The number of carbonyl (C=O) groups is 1. The summed E-state index contributed by atoms with van der Waals surface area (Å²) in [7, 11) is 0. The molecular formula is C23H26N2O.